The van der Waals surface area contributed by atoms with E-state index in [1.165, 1.54) is 4.31 Å². The fourth-order valence-electron chi connectivity index (χ4n) is 2.31. The second-order valence-electron chi connectivity index (χ2n) is 5.17. The van der Waals surface area contributed by atoms with Crippen molar-refractivity contribution < 1.29 is 13.2 Å². The summed E-state index contributed by atoms with van der Waals surface area (Å²) in [5, 5.41) is 0. The Morgan fingerprint density at radius 2 is 2.10 bits per heavy atom. The molecule has 1 aliphatic heterocycles. The van der Waals surface area contributed by atoms with Gasteiger partial charge in [0.05, 0.1) is 0 Å². The molecule has 1 N–H and O–H groups in total. The highest BCUT2D eigenvalue weighted by atomic mass is 32.2. The van der Waals surface area contributed by atoms with E-state index < -0.39 is 10.2 Å². The minimum Gasteiger partial charge on any atom is -0.492 e. The molecule has 112 valence electrons. The minimum absolute atomic E-state index is 0.280. The van der Waals surface area contributed by atoms with Gasteiger partial charge in [0.1, 0.15) is 12.4 Å². The van der Waals surface area contributed by atoms with Crippen LogP contribution in [0.2, 0.25) is 0 Å². The van der Waals surface area contributed by atoms with Crippen LogP contribution in [-0.4, -0.2) is 39.0 Å². The van der Waals surface area contributed by atoms with Crippen LogP contribution in [0.3, 0.4) is 0 Å². The lowest BCUT2D eigenvalue weighted by Gasteiger charge is -2.29. The van der Waals surface area contributed by atoms with E-state index in [0.29, 0.717) is 25.6 Å². The predicted octanol–water partition coefficient (Wildman–Crippen LogP) is 1.63. The van der Waals surface area contributed by atoms with E-state index in [1.54, 1.807) is 0 Å². The molecule has 6 heteroatoms. The lowest BCUT2D eigenvalue weighted by molar-refractivity contribution is 0.275. The minimum atomic E-state index is -3.37. The molecule has 2 rings (SSSR count). The number of benzene rings is 1. The first kappa shape index (κ1) is 15.3. The van der Waals surface area contributed by atoms with Crippen LogP contribution in [0.4, 0.5) is 0 Å². The van der Waals surface area contributed by atoms with Crippen LogP contribution in [0.25, 0.3) is 0 Å². The summed E-state index contributed by atoms with van der Waals surface area (Å²) in [6, 6.07) is 9.37. The molecular weight excluding hydrogens is 276 g/mol. The SMILES string of the molecule is C[C@H]1CCCN(S(=O)(=O)NCCOc2ccccc2)C1. The standard InChI is InChI=1S/C14H22N2O3S/c1-13-6-5-10-16(12-13)20(17,18)15-9-11-19-14-7-3-2-4-8-14/h2-4,7-8,13,15H,5-6,9-12H2,1H3/t13-/m0/s1. The second-order valence-corrected chi connectivity index (χ2v) is 6.92. The molecule has 0 amide bonds. The van der Waals surface area contributed by atoms with Crippen LogP contribution in [0.1, 0.15) is 19.8 Å². The van der Waals surface area contributed by atoms with Crippen molar-refractivity contribution in [1.29, 1.82) is 0 Å². The molecule has 20 heavy (non-hydrogen) atoms. The third kappa shape index (κ3) is 4.47. The summed E-state index contributed by atoms with van der Waals surface area (Å²) < 4.78 is 33.8. The molecule has 1 heterocycles. The first-order chi connectivity index (χ1) is 9.58. The first-order valence-electron chi connectivity index (χ1n) is 7.00. The number of nitrogens with zero attached hydrogens (tertiary/aromatic N) is 1. The van der Waals surface area contributed by atoms with Gasteiger partial charge in [-0.05, 0) is 30.9 Å². The molecule has 1 aliphatic rings. The van der Waals surface area contributed by atoms with Crippen LogP contribution < -0.4 is 9.46 Å². The molecule has 0 spiro atoms. The number of para-hydroxylation sites is 1. The molecule has 1 saturated heterocycles. The molecule has 0 aromatic heterocycles. The highest BCUT2D eigenvalue weighted by molar-refractivity contribution is 7.87. The van der Waals surface area contributed by atoms with Gasteiger partial charge in [-0.2, -0.15) is 17.4 Å². The van der Waals surface area contributed by atoms with E-state index in [0.717, 1.165) is 18.6 Å². The maximum absolute atomic E-state index is 12.1. The Morgan fingerprint density at radius 1 is 1.35 bits per heavy atom. The van der Waals surface area contributed by atoms with Gasteiger partial charge in [0.15, 0.2) is 0 Å². The Hall–Kier alpha value is -1.11. The summed E-state index contributed by atoms with van der Waals surface area (Å²) in [5.41, 5.74) is 0. The van der Waals surface area contributed by atoms with E-state index in [1.807, 2.05) is 30.3 Å². The zero-order valence-corrected chi connectivity index (χ0v) is 12.6. The third-order valence-electron chi connectivity index (χ3n) is 3.36. The van der Waals surface area contributed by atoms with Gasteiger partial charge in [0.25, 0.3) is 10.2 Å². The van der Waals surface area contributed by atoms with Gasteiger partial charge >= 0.3 is 0 Å². The van der Waals surface area contributed by atoms with E-state index in [-0.39, 0.29) is 6.54 Å². The smallest absolute Gasteiger partial charge is 0.279 e. The third-order valence-corrected chi connectivity index (χ3v) is 4.94. The van der Waals surface area contributed by atoms with Crippen LogP contribution in [0, 0.1) is 5.92 Å². The Morgan fingerprint density at radius 3 is 2.80 bits per heavy atom. The molecule has 0 bridgehead atoms. The van der Waals surface area contributed by atoms with E-state index >= 15 is 0 Å². The maximum Gasteiger partial charge on any atom is 0.279 e. The monoisotopic (exact) mass is 298 g/mol. The van der Waals surface area contributed by atoms with Crippen LogP contribution in [-0.2, 0) is 10.2 Å². The molecule has 0 aliphatic carbocycles. The predicted molar refractivity (Wildman–Crippen MR) is 78.8 cm³/mol. The second kappa shape index (κ2) is 7.06. The summed E-state index contributed by atoms with van der Waals surface area (Å²) in [6.07, 6.45) is 2.03. The van der Waals surface area contributed by atoms with Crippen molar-refractivity contribution in [2.45, 2.75) is 19.8 Å². The molecule has 0 radical (unpaired) electrons. The molecule has 0 unspecified atom stereocenters. The summed E-state index contributed by atoms with van der Waals surface area (Å²) in [7, 11) is -3.37. The fraction of sp³-hybridized carbons (Fsp3) is 0.571. The van der Waals surface area contributed by atoms with Crippen molar-refractivity contribution >= 4 is 10.2 Å². The van der Waals surface area contributed by atoms with E-state index in [4.69, 9.17) is 4.74 Å². The molecule has 1 aromatic carbocycles. The summed E-state index contributed by atoms with van der Waals surface area (Å²) in [6.45, 7) is 3.91. The summed E-state index contributed by atoms with van der Waals surface area (Å²) in [5.74, 6) is 1.18. The zero-order valence-electron chi connectivity index (χ0n) is 11.8. The average molecular weight is 298 g/mol. The maximum atomic E-state index is 12.1. The Labute approximate surface area is 121 Å². The molecule has 1 fully saturated rings. The Bertz CT molecular complexity index is 504. The lowest BCUT2D eigenvalue weighted by Crippen LogP contribution is -2.46. The zero-order chi connectivity index (χ0) is 14.4. The van der Waals surface area contributed by atoms with Gasteiger partial charge in [-0.25, -0.2) is 0 Å². The molecule has 5 nitrogen and oxygen atoms in total. The Kier molecular flexibility index (Phi) is 5.39. The van der Waals surface area contributed by atoms with Gasteiger partial charge in [-0.3, -0.25) is 0 Å². The first-order valence-corrected chi connectivity index (χ1v) is 8.44. The van der Waals surface area contributed by atoms with Crippen LogP contribution in [0.5, 0.6) is 5.75 Å². The van der Waals surface area contributed by atoms with Crippen molar-refractivity contribution in [3.63, 3.8) is 0 Å². The van der Waals surface area contributed by atoms with Gasteiger partial charge < -0.3 is 4.74 Å². The number of ether oxygens (including phenoxy) is 1. The number of piperidine rings is 1. The fourth-order valence-corrected chi connectivity index (χ4v) is 3.66. The summed E-state index contributed by atoms with van der Waals surface area (Å²) >= 11 is 0. The summed E-state index contributed by atoms with van der Waals surface area (Å²) in [4.78, 5) is 0. The van der Waals surface area contributed by atoms with Crippen molar-refractivity contribution in [3.8, 4) is 5.75 Å². The van der Waals surface area contributed by atoms with Crippen molar-refractivity contribution in [2.75, 3.05) is 26.2 Å². The largest absolute Gasteiger partial charge is 0.492 e. The molecule has 1 atom stereocenters. The number of nitrogens with one attached hydrogen (secondary N) is 1. The van der Waals surface area contributed by atoms with Crippen molar-refractivity contribution in [2.24, 2.45) is 5.92 Å². The molecule has 0 saturated carbocycles. The number of hydrogen-bond donors (Lipinski definition) is 1. The number of hydrogen-bond acceptors (Lipinski definition) is 3. The normalized spacial score (nSPS) is 20.8. The van der Waals surface area contributed by atoms with E-state index in [9.17, 15) is 8.42 Å². The highest BCUT2D eigenvalue weighted by Gasteiger charge is 2.26. The quantitative estimate of drug-likeness (QED) is 0.812. The molecule has 1 aromatic rings. The van der Waals surface area contributed by atoms with Gasteiger partial charge in [-0.1, -0.05) is 25.1 Å². The highest BCUT2D eigenvalue weighted by Crippen LogP contribution is 2.17. The topological polar surface area (TPSA) is 58.6 Å². The lowest BCUT2D eigenvalue weighted by atomic mass is 10.0. The van der Waals surface area contributed by atoms with Crippen LogP contribution in [0.15, 0.2) is 30.3 Å². The van der Waals surface area contributed by atoms with Crippen molar-refractivity contribution in [1.82, 2.24) is 9.03 Å². The van der Waals surface area contributed by atoms with Crippen LogP contribution >= 0.6 is 0 Å². The Balaban J connectivity index is 1.75. The van der Waals surface area contributed by atoms with E-state index in [2.05, 4.69) is 11.6 Å². The van der Waals surface area contributed by atoms with Gasteiger partial charge in [-0.15, -0.1) is 0 Å². The van der Waals surface area contributed by atoms with Gasteiger partial charge in [0.2, 0.25) is 0 Å². The van der Waals surface area contributed by atoms with Gasteiger partial charge in [0, 0.05) is 19.6 Å². The molecular formula is C14H22N2O3S. The average Bonchev–Trinajstić information content (AvgIpc) is 2.45. The number of rotatable bonds is 6. The van der Waals surface area contributed by atoms with Crippen molar-refractivity contribution in [3.05, 3.63) is 30.3 Å².